The SMILES string of the molecule is CC(C)c1ccccc1OC(=S)NC1=CCS(=O)(=O)C1. The zero-order chi connectivity index (χ0) is 14.8. The molecule has 1 aliphatic rings. The van der Waals surface area contributed by atoms with Crippen molar-refractivity contribution >= 4 is 27.2 Å². The molecule has 2 rings (SSSR count). The molecule has 0 saturated carbocycles. The van der Waals surface area contributed by atoms with Gasteiger partial charge in [-0.3, -0.25) is 0 Å². The molecule has 0 radical (unpaired) electrons. The average molecular weight is 311 g/mol. The summed E-state index contributed by atoms with van der Waals surface area (Å²) in [6.45, 7) is 4.15. The molecule has 20 heavy (non-hydrogen) atoms. The third-order valence-electron chi connectivity index (χ3n) is 2.97. The first-order valence-corrected chi connectivity index (χ1v) is 8.57. The Kier molecular flexibility index (Phi) is 4.45. The van der Waals surface area contributed by atoms with Crippen molar-refractivity contribution in [3.05, 3.63) is 41.6 Å². The second kappa shape index (κ2) is 5.93. The lowest BCUT2D eigenvalue weighted by atomic mass is 10.0. The van der Waals surface area contributed by atoms with Crippen LogP contribution in [0, 0.1) is 0 Å². The number of nitrogens with one attached hydrogen (secondary N) is 1. The van der Waals surface area contributed by atoms with Crippen molar-refractivity contribution in [1.29, 1.82) is 0 Å². The van der Waals surface area contributed by atoms with Gasteiger partial charge in [-0.1, -0.05) is 32.0 Å². The molecule has 0 atom stereocenters. The van der Waals surface area contributed by atoms with Crippen LogP contribution >= 0.6 is 12.2 Å². The minimum absolute atomic E-state index is 0.0116. The maximum absolute atomic E-state index is 11.3. The number of para-hydroxylation sites is 1. The Bertz CT molecular complexity index is 648. The zero-order valence-corrected chi connectivity index (χ0v) is 13.1. The van der Waals surface area contributed by atoms with Crippen LogP contribution in [0.15, 0.2) is 36.0 Å². The molecular weight excluding hydrogens is 294 g/mol. The summed E-state index contributed by atoms with van der Waals surface area (Å²) >= 11 is 5.12. The molecule has 0 amide bonds. The molecule has 0 spiro atoms. The summed E-state index contributed by atoms with van der Waals surface area (Å²) in [6.07, 6.45) is 1.62. The Labute approximate surface area is 124 Å². The van der Waals surface area contributed by atoms with Crippen LogP contribution in [0.3, 0.4) is 0 Å². The third-order valence-corrected chi connectivity index (χ3v) is 4.58. The highest BCUT2D eigenvalue weighted by molar-refractivity contribution is 7.92. The fourth-order valence-corrected chi connectivity index (χ4v) is 3.43. The molecule has 1 aromatic carbocycles. The van der Waals surface area contributed by atoms with Crippen molar-refractivity contribution in [3.8, 4) is 5.75 Å². The first kappa shape index (κ1) is 15.0. The summed E-state index contributed by atoms with van der Waals surface area (Å²) in [5.41, 5.74) is 1.64. The van der Waals surface area contributed by atoms with E-state index < -0.39 is 9.84 Å². The highest BCUT2D eigenvalue weighted by Crippen LogP contribution is 2.26. The lowest BCUT2D eigenvalue weighted by molar-refractivity contribution is 0.530. The summed E-state index contributed by atoms with van der Waals surface area (Å²) in [7, 11) is -3.01. The Morgan fingerprint density at radius 1 is 1.35 bits per heavy atom. The van der Waals surface area contributed by atoms with Crippen LogP contribution in [0.4, 0.5) is 0 Å². The maximum atomic E-state index is 11.3. The first-order chi connectivity index (χ1) is 9.37. The normalized spacial score (nSPS) is 16.9. The molecule has 0 bridgehead atoms. The van der Waals surface area contributed by atoms with E-state index in [4.69, 9.17) is 17.0 Å². The van der Waals surface area contributed by atoms with E-state index in [0.717, 1.165) is 5.56 Å². The molecule has 0 fully saturated rings. The molecule has 1 heterocycles. The minimum Gasteiger partial charge on any atom is -0.431 e. The van der Waals surface area contributed by atoms with Crippen molar-refractivity contribution in [2.75, 3.05) is 11.5 Å². The van der Waals surface area contributed by atoms with Gasteiger partial charge in [-0.05, 0) is 35.8 Å². The largest absolute Gasteiger partial charge is 0.431 e. The number of rotatable bonds is 3. The van der Waals surface area contributed by atoms with Gasteiger partial charge >= 0.3 is 0 Å². The molecule has 0 saturated heterocycles. The molecule has 1 aliphatic heterocycles. The van der Waals surface area contributed by atoms with E-state index in [1.165, 1.54) is 0 Å². The second-order valence-electron chi connectivity index (χ2n) is 4.99. The molecule has 1 N–H and O–H groups in total. The fourth-order valence-electron chi connectivity index (χ4n) is 1.98. The quantitative estimate of drug-likeness (QED) is 0.869. The molecular formula is C14H17NO3S2. The smallest absolute Gasteiger partial charge is 0.266 e. The van der Waals surface area contributed by atoms with Gasteiger partial charge in [-0.25, -0.2) is 8.42 Å². The number of benzene rings is 1. The van der Waals surface area contributed by atoms with Gasteiger partial charge in [0.15, 0.2) is 9.84 Å². The van der Waals surface area contributed by atoms with Crippen molar-refractivity contribution in [3.63, 3.8) is 0 Å². The maximum Gasteiger partial charge on any atom is 0.266 e. The van der Waals surface area contributed by atoms with Gasteiger partial charge in [0.2, 0.25) is 0 Å². The molecule has 4 nitrogen and oxygen atoms in total. The van der Waals surface area contributed by atoms with Gasteiger partial charge in [-0.15, -0.1) is 0 Å². The molecule has 1 aromatic rings. The van der Waals surface area contributed by atoms with Crippen molar-refractivity contribution in [2.24, 2.45) is 0 Å². The number of ether oxygens (including phenoxy) is 1. The Morgan fingerprint density at radius 2 is 2.05 bits per heavy atom. The first-order valence-electron chi connectivity index (χ1n) is 6.34. The number of thiocarbonyl (C=S) groups is 1. The van der Waals surface area contributed by atoms with Crippen LogP contribution in [-0.4, -0.2) is 25.1 Å². The highest BCUT2D eigenvalue weighted by Gasteiger charge is 2.21. The van der Waals surface area contributed by atoms with E-state index in [2.05, 4.69) is 19.2 Å². The highest BCUT2D eigenvalue weighted by atomic mass is 32.2. The topological polar surface area (TPSA) is 55.4 Å². The van der Waals surface area contributed by atoms with E-state index in [1.54, 1.807) is 6.08 Å². The molecule has 0 aromatic heterocycles. The molecule has 6 heteroatoms. The summed E-state index contributed by atoms with van der Waals surface area (Å²) < 4.78 is 28.3. The summed E-state index contributed by atoms with van der Waals surface area (Å²) in [5.74, 6) is 1.06. The summed E-state index contributed by atoms with van der Waals surface area (Å²) in [5, 5.41) is 3.01. The monoisotopic (exact) mass is 311 g/mol. The van der Waals surface area contributed by atoms with Gasteiger partial charge in [0.1, 0.15) is 5.75 Å². The van der Waals surface area contributed by atoms with Crippen LogP contribution in [-0.2, 0) is 9.84 Å². The van der Waals surface area contributed by atoms with Gasteiger partial charge in [0, 0.05) is 5.70 Å². The average Bonchev–Trinajstić information content (AvgIpc) is 2.68. The minimum atomic E-state index is -3.01. The third kappa shape index (κ3) is 3.80. The van der Waals surface area contributed by atoms with E-state index in [9.17, 15) is 8.42 Å². The van der Waals surface area contributed by atoms with Gasteiger partial charge in [0.05, 0.1) is 11.5 Å². The number of hydrogen-bond acceptors (Lipinski definition) is 4. The van der Waals surface area contributed by atoms with Crippen LogP contribution in [0.25, 0.3) is 0 Å². The second-order valence-corrected chi connectivity index (χ2v) is 7.47. The van der Waals surface area contributed by atoms with E-state index in [-0.39, 0.29) is 16.7 Å². The Hall–Kier alpha value is -1.40. The lowest BCUT2D eigenvalue weighted by Crippen LogP contribution is -2.27. The Morgan fingerprint density at radius 3 is 2.65 bits per heavy atom. The predicted octanol–water partition coefficient (Wildman–Crippen LogP) is 2.38. The fraction of sp³-hybridized carbons (Fsp3) is 0.357. The zero-order valence-electron chi connectivity index (χ0n) is 11.4. The van der Waals surface area contributed by atoms with Crippen LogP contribution < -0.4 is 10.1 Å². The molecule has 0 unspecified atom stereocenters. The van der Waals surface area contributed by atoms with Crippen molar-refractivity contribution in [2.45, 2.75) is 19.8 Å². The lowest BCUT2D eigenvalue weighted by Gasteiger charge is -2.14. The van der Waals surface area contributed by atoms with Crippen LogP contribution in [0.5, 0.6) is 5.75 Å². The van der Waals surface area contributed by atoms with E-state index in [0.29, 0.717) is 17.4 Å². The van der Waals surface area contributed by atoms with Crippen molar-refractivity contribution in [1.82, 2.24) is 5.32 Å². The predicted molar refractivity (Wildman–Crippen MR) is 83.6 cm³/mol. The Balaban J connectivity index is 2.03. The standard InChI is InChI=1S/C14H17NO3S2/c1-10(2)12-5-3-4-6-13(12)18-14(19)15-11-7-8-20(16,17)9-11/h3-7,10H,8-9H2,1-2H3,(H,15,19). The van der Waals surface area contributed by atoms with Gasteiger partial charge < -0.3 is 10.1 Å². The summed E-state index contributed by atoms with van der Waals surface area (Å²) in [4.78, 5) is 0. The van der Waals surface area contributed by atoms with E-state index >= 15 is 0 Å². The van der Waals surface area contributed by atoms with E-state index in [1.807, 2.05) is 24.3 Å². The van der Waals surface area contributed by atoms with Crippen LogP contribution in [0.2, 0.25) is 0 Å². The van der Waals surface area contributed by atoms with Crippen molar-refractivity contribution < 1.29 is 13.2 Å². The number of hydrogen-bond donors (Lipinski definition) is 1. The molecule has 0 aliphatic carbocycles. The number of sulfone groups is 1. The molecule has 108 valence electrons. The van der Waals surface area contributed by atoms with Gasteiger partial charge in [-0.2, -0.15) is 0 Å². The van der Waals surface area contributed by atoms with Crippen LogP contribution in [0.1, 0.15) is 25.3 Å². The summed E-state index contributed by atoms with van der Waals surface area (Å²) in [6, 6.07) is 7.67. The van der Waals surface area contributed by atoms with Gasteiger partial charge in [0.25, 0.3) is 5.17 Å².